The molecule has 0 aliphatic carbocycles. The van der Waals surface area contributed by atoms with Crippen LogP contribution < -0.4 is 5.32 Å². The molecule has 92 valence electrons. The van der Waals surface area contributed by atoms with Crippen molar-refractivity contribution in [3.63, 3.8) is 0 Å². The molecule has 0 radical (unpaired) electrons. The molecule has 0 aliphatic rings. The van der Waals surface area contributed by atoms with Crippen molar-refractivity contribution in [1.82, 2.24) is 10.2 Å². The lowest BCUT2D eigenvalue weighted by Gasteiger charge is -2.28. The lowest BCUT2D eigenvalue weighted by molar-refractivity contribution is 0.232. The van der Waals surface area contributed by atoms with E-state index in [4.69, 9.17) is 0 Å². The zero-order valence-corrected chi connectivity index (χ0v) is 11.6. The third-order valence-electron chi connectivity index (χ3n) is 2.48. The maximum Gasteiger partial charge on any atom is 0.00387 e. The van der Waals surface area contributed by atoms with Crippen molar-refractivity contribution in [3.8, 4) is 0 Å². The third-order valence-corrected chi connectivity index (χ3v) is 2.48. The van der Waals surface area contributed by atoms with Crippen molar-refractivity contribution in [1.29, 1.82) is 0 Å². The Morgan fingerprint density at radius 3 is 2.27 bits per heavy atom. The van der Waals surface area contributed by atoms with Crippen molar-refractivity contribution in [2.45, 2.75) is 40.5 Å². The molecule has 0 aromatic carbocycles. The molecular weight excluding hydrogens is 184 g/mol. The second-order valence-electron chi connectivity index (χ2n) is 6.11. The van der Waals surface area contributed by atoms with Crippen molar-refractivity contribution in [2.24, 2.45) is 11.3 Å². The number of hydrogen-bond donors (Lipinski definition) is 1. The van der Waals surface area contributed by atoms with Crippen LogP contribution in [0.15, 0.2) is 0 Å². The van der Waals surface area contributed by atoms with Gasteiger partial charge in [-0.3, -0.25) is 0 Å². The lowest BCUT2D eigenvalue weighted by Crippen LogP contribution is -2.37. The zero-order chi connectivity index (χ0) is 11.9. The Morgan fingerprint density at radius 2 is 1.80 bits per heavy atom. The van der Waals surface area contributed by atoms with Gasteiger partial charge in [-0.25, -0.2) is 0 Å². The minimum absolute atomic E-state index is 0.376. The summed E-state index contributed by atoms with van der Waals surface area (Å²) in [6.45, 7) is 12.6. The van der Waals surface area contributed by atoms with E-state index in [2.05, 4.69) is 52.0 Å². The van der Waals surface area contributed by atoms with Crippen LogP contribution in [0.5, 0.6) is 0 Å². The number of hydrogen-bond acceptors (Lipinski definition) is 2. The van der Waals surface area contributed by atoms with E-state index in [1.54, 1.807) is 0 Å². The fourth-order valence-electron chi connectivity index (χ4n) is 1.97. The SMILES string of the molecule is CC(C)CCCNCC(C)(C)CN(C)C. The fraction of sp³-hybridized carbons (Fsp3) is 1.00. The smallest absolute Gasteiger partial charge is 0.00387 e. The van der Waals surface area contributed by atoms with Crippen LogP contribution in [-0.2, 0) is 0 Å². The van der Waals surface area contributed by atoms with Gasteiger partial charge in [0.05, 0.1) is 0 Å². The molecule has 2 heteroatoms. The second kappa shape index (κ2) is 7.24. The van der Waals surface area contributed by atoms with E-state index in [9.17, 15) is 0 Å². The molecule has 0 saturated carbocycles. The monoisotopic (exact) mass is 214 g/mol. The molecule has 2 nitrogen and oxygen atoms in total. The maximum absolute atomic E-state index is 3.56. The summed E-state index contributed by atoms with van der Waals surface area (Å²) in [4.78, 5) is 2.26. The summed E-state index contributed by atoms with van der Waals surface area (Å²) in [5.41, 5.74) is 0.376. The molecule has 0 aromatic heterocycles. The summed E-state index contributed by atoms with van der Waals surface area (Å²) >= 11 is 0. The van der Waals surface area contributed by atoms with Crippen LogP contribution in [0.3, 0.4) is 0 Å². The standard InChI is InChI=1S/C13H30N2/c1-12(2)8-7-9-14-10-13(3,4)11-15(5)6/h12,14H,7-11H2,1-6H3. The highest BCUT2D eigenvalue weighted by molar-refractivity contribution is 4.73. The Balaban J connectivity index is 3.48. The average Bonchev–Trinajstić information content (AvgIpc) is 1.99. The van der Waals surface area contributed by atoms with Gasteiger partial charge < -0.3 is 10.2 Å². The quantitative estimate of drug-likeness (QED) is 0.625. The van der Waals surface area contributed by atoms with Gasteiger partial charge in [0, 0.05) is 13.1 Å². The molecule has 0 fully saturated rings. The lowest BCUT2D eigenvalue weighted by atomic mass is 9.93. The Labute approximate surface area is 96.4 Å². The predicted molar refractivity (Wildman–Crippen MR) is 69.3 cm³/mol. The minimum atomic E-state index is 0.376. The van der Waals surface area contributed by atoms with Crippen molar-refractivity contribution in [2.75, 3.05) is 33.7 Å². The van der Waals surface area contributed by atoms with E-state index in [-0.39, 0.29) is 0 Å². The average molecular weight is 214 g/mol. The molecule has 0 rings (SSSR count). The van der Waals surface area contributed by atoms with Crippen LogP contribution in [-0.4, -0.2) is 38.6 Å². The molecule has 0 atom stereocenters. The summed E-state index contributed by atoms with van der Waals surface area (Å²) in [6, 6.07) is 0. The van der Waals surface area contributed by atoms with Crippen LogP contribution in [0, 0.1) is 11.3 Å². The Kier molecular flexibility index (Phi) is 7.20. The van der Waals surface area contributed by atoms with Gasteiger partial charge in [-0.2, -0.15) is 0 Å². The van der Waals surface area contributed by atoms with Gasteiger partial charge in [0.25, 0.3) is 0 Å². The molecule has 1 N–H and O–H groups in total. The number of rotatable bonds is 8. The minimum Gasteiger partial charge on any atom is -0.316 e. The Bertz CT molecular complexity index is 151. The first kappa shape index (κ1) is 14.9. The van der Waals surface area contributed by atoms with E-state index < -0.39 is 0 Å². The van der Waals surface area contributed by atoms with Crippen LogP contribution in [0.2, 0.25) is 0 Å². The van der Waals surface area contributed by atoms with Gasteiger partial charge in [-0.1, -0.05) is 27.7 Å². The van der Waals surface area contributed by atoms with Gasteiger partial charge >= 0.3 is 0 Å². The van der Waals surface area contributed by atoms with Gasteiger partial charge in [0.15, 0.2) is 0 Å². The molecular formula is C13H30N2. The highest BCUT2D eigenvalue weighted by Gasteiger charge is 2.17. The highest BCUT2D eigenvalue weighted by Crippen LogP contribution is 2.14. The third kappa shape index (κ3) is 10.2. The molecule has 0 saturated heterocycles. The van der Waals surface area contributed by atoms with E-state index in [1.165, 1.54) is 12.8 Å². The molecule has 0 amide bonds. The van der Waals surface area contributed by atoms with Crippen molar-refractivity contribution < 1.29 is 0 Å². The van der Waals surface area contributed by atoms with Crippen LogP contribution >= 0.6 is 0 Å². The van der Waals surface area contributed by atoms with Gasteiger partial charge in [0.1, 0.15) is 0 Å². The first-order valence-electron chi connectivity index (χ1n) is 6.19. The number of nitrogens with zero attached hydrogens (tertiary/aromatic N) is 1. The Morgan fingerprint density at radius 1 is 1.20 bits per heavy atom. The Hall–Kier alpha value is -0.0800. The largest absolute Gasteiger partial charge is 0.316 e. The second-order valence-corrected chi connectivity index (χ2v) is 6.11. The zero-order valence-electron chi connectivity index (χ0n) is 11.6. The maximum atomic E-state index is 3.56. The molecule has 0 unspecified atom stereocenters. The summed E-state index contributed by atoms with van der Waals surface area (Å²) < 4.78 is 0. The molecule has 15 heavy (non-hydrogen) atoms. The predicted octanol–water partition coefficient (Wildman–Crippen LogP) is 2.60. The summed E-state index contributed by atoms with van der Waals surface area (Å²) in [7, 11) is 4.28. The molecule has 0 heterocycles. The number of nitrogens with one attached hydrogen (secondary N) is 1. The van der Waals surface area contributed by atoms with Gasteiger partial charge in [0.2, 0.25) is 0 Å². The first-order chi connectivity index (χ1) is 6.83. The van der Waals surface area contributed by atoms with Gasteiger partial charge in [-0.15, -0.1) is 0 Å². The molecule has 0 spiro atoms. The van der Waals surface area contributed by atoms with E-state index in [0.717, 1.165) is 25.6 Å². The van der Waals surface area contributed by atoms with Crippen molar-refractivity contribution in [3.05, 3.63) is 0 Å². The molecule has 0 aliphatic heterocycles. The van der Waals surface area contributed by atoms with Gasteiger partial charge in [-0.05, 0) is 44.8 Å². The summed E-state index contributed by atoms with van der Waals surface area (Å²) in [5.74, 6) is 0.835. The summed E-state index contributed by atoms with van der Waals surface area (Å²) in [6.07, 6.45) is 2.64. The van der Waals surface area contributed by atoms with Crippen molar-refractivity contribution >= 4 is 0 Å². The van der Waals surface area contributed by atoms with E-state index in [1.807, 2.05) is 0 Å². The van der Waals surface area contributed by atoms with Crippen LogP contribution in [0.25, 0.3) is 0 Å². The fourth-order valence-corrected chi connectivity index (χ4v) is 1.97. The van der Waals surface area contributed by atoms with Crippen LogP contribution in [0.4, 0.5) is 0 Å². The van der Waals surface area contributed by atoms with E-state index in [0.29, 0.717) is 5.41 Å². The molecule has 0 aromatic rings. The van der Waals surface area contributed by atoms with E-state index >= 15 is 0 Å². The first-order valence-corrected chi connectivity index (χ1v) is 6.19. The molecule has 0 bridgehead atoms. The normalized spacial score (nSPS) is 12.8. The summed E-state index contributed by atoms with van der Waals surface area (Å²) in [5, 5.41) is 3.56. The van der Waals surface area contributed by atoms with Crippen LogP contribution in [0.1, 0.15) is 40.5 Å². The highest BCUT2D eigenvalue weighted by atomic mass is 15.1. The topological polar surface area (TPSA) is 15.3 Å².